The van der Waals surface area contributed by atoms with Crippen molar-refractivity contribution < 1.29 is 24.2 Å². The van der Waals surface area contributed by atoms with Crippen LogP contribution in [0.15, 0.2) is 0 Å². The van der Waals surface area contributed by atoms with Crippen LogP contribution in [-0.4, -0.2) is 23.0 Å². The normalized spacial score (nSPS) is 27.2. The molecule has 2 atom stereocenters. The molecule has 1 aliphatic heterocycles. The number of carboxylic acid groups (broad SMARTS) is 1. The van der Waals surface area contributed by atoms with Crippen LogP contribution < -0.4 is 0 Å². The highest BCUT2D eigenvalue weighted by Gasteiger charge is 2.34. The van der Waals surface area contributed by atoms with Crippen LogP contribution in [-0.2, 0) is 19.1 Å². The monoisotopic (exact) mass is 200 g/mol. The van der Waals surface area contributed by atoms with Crippen molar-refractivity contribution in [3.63, 3.8) is 0 Å². The zero-order valence-electron chi connectivity index (χ0n) is 7.86. The zero-order chi connectivity index (χ0) is 10.7. The summed E-state index contributed by atoms with van der Waals surface area (Å²) in [7, 11) is 0. The number of ether oxygens (including phenoxy) is 1. The van der Waals surface area contributed by atoms with Gasteiger partial charge < -0.3 is 9.84 Å². The Hall–Kier alpha value is -1.39. The number of cyclic esters (lactones) is 2. The van der Waals surface area contributed by atoms with Crippen LogP contribution in [0.4, 0.5) is 0 Å². The Morgan fingerprint density at radius 2 is 2.14 bits per heavy atom. The van der Waals surface area contributed by atoms with Gasteiger partial charge in [-0.2, -0.15) is 0 Å². The molecule has 1 aliphatic rings. The van der Waals surface area contributed by atoms with Gasteiger partial charge in [0.25, 0.3) is 0 Å². The number of hydrogen-bond donors (Lipinski definition) is 1. The van der Waals surface area contributed by atoms with Crippen LogP contribution in [0, 0.1) is 11.8 Å². The molecule has 2 unspecified atom stereocenters. The van der Waals surface area contributed by atoms with Crippen LogP contribution in [0.5, 0.6) is 0 Å². The predicted molar refractivity (Wildman–Crippen MR) is 45.2 cm³/mol. The quantitative estimate of drug-likeness (QED) is 0.532. The van der Waals surface area contributed by atoms with Gasteiger partial charge >= 0.3 is 17.9 Å². The molecule has 0 radical (unpaired) electrons. The van der Waals surface area contributed by atoms with Crippen molar-refractivity contribution in [2.45, 2.75) is 26.2 Å². The molecule has 5 heteroatoms. The first-order valence-corrected chi connectivity index (χ1v) is 4.48. The predicted octanol–water partition coefficient (Wildman–Crippen LogP) is 0.577. The van der Waals surface area contributed by atoms with E-state index in [-0.39, 0.29) is 18.8 Å². The second-order valence-electron chi connectivity index (χ2n) is 3.51. The second kappa shape index (κ2) is 4.21. The first kappa shape index (κ1) is 10.7. The average molecular weight is 200 g/mol. The minimum absolute atomic E-state index is 0.0688. The van der Waals surface area contributed by atoms with E-state index >= 15 is 0 Å². The number of carbonyl (C=O) groups is 3. The van der Waals surface area contributed by atoms with Gasteiger partial charge in [0.15, 0.2) is 0 Å². The third kappa shape index (κ3) is 2.55. The summed E-state index contributed by atoms with van der Waals surface area (Å²) in [4.78, 5) is 32.3. The molecule has 0 aromatic carbocycles. The summed E-state index contributed by atoms with van der Waals surface area (Å²) in [6, 6.07) is 0. The SMILES string of the molecule is CC1CC(CCC(=O)O)C(=O)OC1=O. The fraction of sp³-hybridized carbons (Fsp3) is 0.667. The number of rotatable bonds is 3. The number of carbonyl (C=O) groups excluding carboxylic acids is 2. The number of esters is 2. The van der Waals surface area contributed by atoms with E-state index in [4.69, 9.17) is 5.11 Å². The molecular formula is C9H12O5. The minimum atomic E-state index is -0.942. The summed E-state index contributed by atoms with van der Waals surface area (Å²) in [6.45, 7) is 1.67. The topological polar surface area (TPSA) is 80.7 Å². The van der Waals surface area contributed by atoms with Crippen molar-refractivity contribution in [3.8, 4) is 0 Å². The maximum atomic E-state index is 11.1. The molecule has 1 N–H and O–H groups in total. The van der Waals surface area contributed by atoms with Crippen LogP contribution in [0.25, 0.3) is 0 Å². The lowest BCUT2D eigenvalue weighted by atomic mass is 9.90. The van der Waals surface area contributed by atoms with E-state index in [0.29, 0.717) is 6.42 Å². The lowest BCUT2D eigenvalue weighted by molar-refractivity contribution is -0.171. The third-order valence-electron chi connectivity index (χ3n) is 2.28. The Balaban J connectivity index is 2.49. The van der Waals surface area contributed by atoms with Gasteiger partial charge in [0, 0.05) is 6.42 Å². The molecule has 1 rings (SSSR count). The van der Waals surface area contributed by atoms with Crippen LogP contribution in [0.2, 0.25) is 0 Å². The summed E-state index contributed by atoms with van der Waals surface area (Å²) in [5.41, 5.74) is 0. The number of carboxylic acids is 1. The molecule has 0 aromatic rings. The molecule has 5 nitrogen and oxygen atoms in total. The van der Waals surface area contributed by atoms with Gasteiger partial charge in [-0.3, -0.25) is 14.4 Å². The van der Waals surface area contributed by atoms with Crippen molar-refractivity contribution in [3.05, 3.63) is 0 Å². The summed E-state index contributed by atoms with van der Waals surface area (Å²) < 4.78 is 4.47. The van der Waals surface area contributed by atoms with E-state index in [1.807, 2.05) is 0 Å². The van der Waals surface area contributed by atoms with Gasteiger partial charge in [-0.05, 0) is 12.8 Å². The minimum Gasteiger partial charge on any atom is -0.481 e. The summed E-state index contributed by atoms with van der Waals surface area (Å²) in [6.07, 6.45) is 0.567. The molecule has 0 aliphatic carbocycles. The highest BCUT2D eigenvalue weighted by molar-refractivity contribution is 5.90. The van der Waals surface area contributed by atoms with Crippen molar-refractivity contribution >= 4 is 17.9 Å². The first-order chi connectivity index (χ1) is 6.50. The van der Waals surface area contributed by atoms with Gasteiger partial charge in [0.1, 0.15) is 0 Å². The van der Waals surface area contributed by atoms with E-state index in [9.17, 15) is 14.4 Å². The lowest BCUT2D eigenvalue weighted by Crippen LogP contribution is -2.33. The van der Waals surface area contributed by atoms with Gasteiger partial charge in [-0.1, -0.05) is 6.92 Å². The lowest BCUT2D eigenvalue weighted by Gasteiger charge is -2.23. The molecule has 1 saturated heterocycles. The van der Waals surface area contributed by atoms with E-state index < -0.39 is 23.8 Å². The molecule has 1 fully saturated rings. The fourth-order valence-corrected chi connectivity index (χ4v) is 1.44. The fourth-order valence-electron chi connectivity index (χ4n) is 1.44. The average Bonchev–Trinajstić information content (AvgIpc) is 2.09. The van der Waals surface area contributed by atoms with Crippen LogP contribution >= 0.6 is 0 Å². The molecule has 14 heavy (non-hydrogen) atoms. The number of hydrogen-bond acceptors (Lipinski definition) is 4. The molecule has 0 bridgehead atoms. The van der Waals surface area contributed by atoms with E-state index in [2.05, 4.69) is 4.74 Å². The highest BCUT2D eigenvalue weighted by Crippen LogP contribution is 2.25. The van der Waals surface area contributed by atoms with E-state index in [1.54, 1.807) is 6.92 Å². The Kier molecular flexibility index (Phi) is 3.22. The van der Waals surface area contributed by atoms with Crippen molar-refractivity contribution in [2.75, 3.05) is 0 Å². The van der Waals surface area contributed by atoms with Crippen LogP contribution in [0.1, 0.15) is 26.2 Å². The molecule has 0 saturated carbocycles. The Morgan fingerprint density at radius 1 is 1.50 bits per heavy atom. The molecule has 0 spiro atoms. The molecule has 1 heterocycles. The standard InChI is InChI=1S/C9H12O5/c1-5-4-6(2-3-7(10)11)9(13)14-8(5)12/h5-6H,2-4H2,1H3,(H,10,11). The van der Waals surface area contributed by atoms with Gasteiger partial charge in [-0.15, -0.1) is 0 Å². The first-order valence-electron chi connectivity index (χ1n) is 4.48. The van der Waals surface area contributed by atoms with Gasteiger partial charge in [0.05, 0.1) is 11.8 Å². The smallest absolute Gasteiger partial charge is 0.316 e. The second-order valence-corrected chi connectivity index (χ2v) is 3.51. The van der Waals surface area contributed by atoms with Crippen LogP contribution in [0.3, 0.4) is 0 Å². The van der Waals surface area contributed by atoms with E-state index in [1.165, 1.54) is 0 Å². The Labute approximate surface area is 81.0 Å². The van der Waals surface area contributed by atoms with Crippen molar-refractivity contribution in [1.82, 2.24) is 0 Å². The summed E-state index contributed by atoms with van der Waals surface area (Å²) >= 11 is 0. The molecule has 0 aromatic heterocycles. The third-order valence-corrected chi connectivity index (χ3v) is 2.28. The van der Waals surface area contributed by atoms with Crippen molar-refractivity contribution in [2.24, 2.45) is 11.8 Å². The highest BCUT2D eigenvalue weighted by atomic mass is 16.6. The van der Waals surface area contributed by atoms with Gasteiger partial charge in [0.2, 0.25) is 0 Å². The van der Waals surface area contributed by atoms with E-state index in [0.717, 1.165) is 0 Å². The largest absolute Gasteiger partial charge is 0.481 e. The van der Waals surface area contributed by atoms with Gasteiger partial charge in [-0.25, -0.2) is 0 Å². The maximum Gasteiger partial charge on any atom is 0.316 e. The zero-order valence-corrected chi connectivity index (χ0v) is 7.86. The maximum absolute atomic E-state index is 11.1. The molecular weight excluding hydrogens is 188 g/mol. The summed E-state index contributed by atoms with van der Waals surface area (Å²) in [5, 5.41) is 8.43. The number of aliphatic carboxylic acids is 1. The molecule has 78 valence electrons. The Morgan fingerprint density at radius 3 is 2.71 bits per heavy atom. The summed E-state index contributed by atoms with van der Waals surface area (Å²) in [5.74, 6) is -2.80. The van der Waals surface area contributed by atoms with Crippen molar-refractivity contribution in [1.29, 1.82) is 0 Å². The molecule has 0 amide bonds. The Bertz CT molecular complexity index is 270.